The number of nitrogens with one attached hydrogen (secondary N) is 1. The second-order valence-corrected chi connectivity index (χ2v) is 5.23. The Morgan fingerprint density at radius 1 is 0.842 bits per heavy atom. The van der Waals surface area contributed by atoms with Crippen molar-refractivity contribution in [3.8, 4) is 11.1 Å². The maximum Gasteiger partial charge on any atom is 0.0205 e. The Morgan fingerprint density at radius 2 is 1.58 bits per heavy atom. The van der Waals surface area contributed by atoms with E-state index in [9.17, 15) is 0 Å². The van der Waals surface area contributed by atoms with E-state index in [1.54, 1.807) is 0 Å². The Labute approximate surface area is 116 Å². The molecule has 1 heteroatoms. The zero-order chi connectivity index (χ0) is 13.8. The summed E-state index contributed by atoms with van der Waals surface area (Å²) in [5.41, 5.74) is 8.06. The molecule has 0 saturated heterocycles. The predicted molar refractivity (Wildman–Crippen MR) is 83.5 cm³/mol. The summed E-state index contributed by atoms with van der Waals surface area (Å²) in [5, 5.41) is 3.38. The minimum absolute atomic E-state index is 0.939. The van der Waals surface area contributed by atoms with E-state index in [-0.39, 0.29) is 0 Å². The van der Waals surface area contributed by atoms with E-state index < -0.39 is 0 Å². The van der Waals surface area contributed by atoms with Gasteiger partial charge in [-0.15, -0.1) is 0 Å². The molecule has 0 saturated carbocycles. The van der Waals surface area contributed by atoms with Gasteiger partial charge >= 0.3 is 0 Å². The molecule has 0 unspecified atom stereocenters. The molecule has 0 radical (unpaired) electrons. The van der Waals surface area contributed by atoms with Crippen LogP contribution < -0.4 is 5.32 Å². The van der Waals surface area contributed by atoms with Crippen LogP contribution in [0.4, 0.5) is 0 Å². The second-order valence-electron chi connectivity index (χ2n) is 5.23. The summed E-state index contributed by atoms with van der Waals surface area (Å²) in [6.45, 7) is 10.6. The Kier molecular flexibility index (Phi) is 4.39. The standard InChI is InChI=1S/C18H23N/c1-5-19-12-16-8-6-14(3)18(11-16)17-9-7-13(2)15(4)10-17/h6-11,19H,5,12H2,1-4H3. The van der Waals surface area contributed by atoms with Crippen molar-refractivity contribution in [1.29, 1.82) is 0 Å². The van der Waals surface area contributed by atoms with Gasteiger partial charge in [-0.2, -0.15) is 0 Å². The topological polar surface area (TPSA) is 12.0 Å². The first-order chi connectivity index (χ1) is 9.11. The maximum atomic E-state index is 3.38. The molecule has 0 bridgehead atoms. The minimum Gasteiger partial charge on any atom is -0.313 e. The highest BCUT2D eigenvalue weighted by Gasteiger charge is 2.04. The van der Waals surface area contributed by atoms with E-state index in [0.717, 1.165) is 13.1 Å². The normalized spacial score (nSPS) is 10.7. The summed E-state index contributed by atoms with van der Waals surface area (Å²) >= 11 is 0. The third kappa shape index (κ3) is 3.24. The highest BCUT2D eigenvalue weighted by atomic mass is 14.8. The van der Waals surface area contributed by atoms with Gasteiger partial charge in [0.2, 0.25) is 0 Å². The van der Waals surface area contributed by atoms with Crippen LogP contribution in [0.25, 0.3) is 11.1 Å². The van der Waals surface area contributed by atoms with Crippen molar-refractivity contribution in [3.05, 3.63) is 58.7 Å². The molecular weight excluding hydrogens is 230 g/mol. The summed E-state index contributed by atoms with van der Waals surface area (Å²) in [4.78, 5) is 0. The van der Waals surface area contributed by atoms with Crippen molar-refractivity contribution in [1.82, 2.24) is 5.32 Å². The first-order valence-electron chi connectivity index (χ1n) is 6.99. The van der Waals surface area contributed by atoms with Crippen LogP contribution in [0.5, 0.6) is 0 Å². The van der Waals surface area contributed by atoms with Crippen molar-refractivity contribution in [2.24, 2.45) is 0 Å². The number of hydrogen-bond donors (Lipinski definition) is 1. The van der Waals surface area contributed by atoms with Crippen LogP contribution in [-0.4, -0.2) is 6.54 Å². The van der Waals surface area contributed by atoms with Crippen LogP contribution >= 0.6 is 0 Å². The first kappa shape index (κ1) is 13.8. The molecule has 2 aromatic carbocycles. The SMILES string of the molecule is CCNCc1ccc(C)c(-c2ccc(C)c(C)c2)c1. The fourth-order valence-corrected chi connectivity index (χ4v) is 2.27. The smallest absolute Gasteiger partial charge is 0.0205 e. The van der Waals surface area contributed by atoms with Crippen LogP contribution in [0.3, 0.4) is 0 Å². The molecule has 19 heavy (non-hydrogen) atoms. The Bertz CT molecular complexity index is 570. The minimum atomic E-state index is 0.939. The highest BCUT2D eigenvalue weighted by molar-refractivity contribution is 5.69. The molecule has 100 valence electrons. The lowest BCUT2D eigenvalue weighted by Crippen LogP contribution is -2.11. The third-order valence-corrected chi connectivity index (χ3v) is 3.70. The van der Waals surface area contributed by atoms with Gasteiger partial charge in [0.25, 0.3) is 0 Å². The molecule has 0 fully saturated rings. The Hall–Kier alpha value is -1.60. The van der Waals surface area contributed by atoms with Crippen molar-refractivity contribution in [3.63, 3.8) is 0 Å². The van der Waals surface area contributed by atoms with Crippen molar-refractivity contribution in [2.75, 3.05) is 6.54 Å². The predicted octanol–water partition coefficient (Wildman–Crippen LogP) is 4.39. The first-order valence-corrected chi connectivity index (χ1v) is 6.99. The zero-order valence-electron chi connectivity index (χ0n) is 12.4. The van der Waals surface area contributed by atoms with Gasteiger partial charge in [-0.25, -0.2) is 0 Å². The molecule has 0 amide bonds. The summed E-state index contributed by atoms with van der Waals surface area (Å²) < 4.78 is 0. The van der Waals surface area contributed by atoms with E-state index in [4.69, 9.17) is 0 Å². The Balaban J connectivity index is 2.39. The maximum absolute atomic E-state index is 3.38. The van der Waals surface area contributed by atoms with Crippen molar-refractivity contribution >= 4 is 0 Å². The third-order valence-electron chi connectivity index (χ3n) is 3.70. The summed E-state index contributed by atoms with van der Waals surface area (Å²) in [6.07, 6.45) is 0. The van der Waals surface area contributed by atoms with E-state index in [1.807, 2.05) is 0 Å². The van der Waals surface area contributed by atoms with E-state index in [1.165, 1.54) is 33.4 Å². The van der Waals surface area contributed by atoms with Crippen LogP contribution in [0.2, 0.25) is 0 Å². The largest absolute Gasteiger partial charge is 0.313 e. The summed E-state index contributed by atoms with van der Waals surface area (Å²) in [7, 11) is 0. The average molecular weight is 253 g/mol. The molecule has 0 atom stereocenters. The fourth-order valence-electron chi connectivity index (χ4n) is 2.27. The van der Waals surface area contributed by atoms with Crippen LogP contribution in [0, 0.1) is 20.8 Å². The molecule has 0 spiro atoms. The van der Waals surface area contributed by atoms with Gasteiger partial charge in [0, 0.05) is 6.54 Å². The van der Waals surface area contributed by atoms with Gasteiger partial charge in [-0.3, -0.25) is 0 Å². The molecule has 1 nitrogen and oxygen atoms in total. The zero-order valence-corrected chi connectivity index (χ0v) is 12.4. The second kappa shape index (κ2) is 6.03. The van der Waals surface area contributed by atoms with E-state index >= 15 is 0 Å². The Morgan fingerprint density at radius 3 is 2.26 bits per heavy atom. The molecule has 0 aliphatic rings. The molecule has 0 aliphatic heterocycles. The number of rotatable bonds is 4. The van der Waals surface area contributed by atoms with Crippen molar-refractivity contribution in [2.45, 2.75) is 34.2 Å². The van der Waals surface area contributed by atoms with Gasteiger partial charge in [-0.1, -0.05) is 37.3 Å². The van der Waals surface area contributed by atoms with Crippen LogP contribution in [0.15, 0.2) is 36.4 Å². The quantitative estimate of drug-likeness (QED) is 0.852. The summed E-state index contributed by atoms with van der Waals surface area (Å²) in [5.74, 6) is 0. The molecule has 2 rings (SSSR count). The summed E-state index contributed by atoms with van der Waals surface area (Å²) in [6, 6.07) is 13.5. The van der Waals surface area contributed by atoms with Crippen molar-refractivity contribution < 1.29 is 0 Å². The number of benzene rings is 2. The molecule has 2 aromatic rings. The molecule has 1 N–H and O–H groups in total. The van der Waals surface area contributed by atoms with Crippen LogP contribution in [0.1, 0.15) is 29.2 Å². The number of aryl methyl sites for hydroxylation is 3. The molecule has 0 aromatic heterocycles. The van der Waals surface area contributed by atoms with E-state index in [2.05, 4.69) is 69.4 Å². The molecule has 0 aliphatic carbocycles. The monoisotopic (exact) mass is 253 g/mol. The van der Waals surface area contributed by atoms with Gasteiger partial charge in [0.15, 0.2) is 0 Å². The lowest BCUT2D eigenvalue weighted by molar-refractivity contribution is 0.727. The highest BCUT2D eigenvalue weighted by Crippen LogP contribution is 2.26. The van der Waals surface area contributed by atoms with Gasteiger partial charge in [-0.05, 0) is 66.8 Å². The molecule has 0 heterocycles. The lowest BCUT2D eigenvalue weighted by atomic mass is 9.95. The van der Waals surface area contributed by atoms with Crippen LogP contribution in [-0.2, 0) is 6.54 Å². The van der Waals surface area contributed by atoms with Gasteiger partial charge in [0.05, 0.1) is 0 Å². The molecular formula is C18H23N. The van der Waals surface area contributed by atoms with Gasteiger partial charge in [0.1, 0.15) is 0 Å². The number of hydrogen-bond acceptors (Lipinski definition) is 1. The van der Waals surface area contributed by atoms with Gasteiger partial charge < -0.3 is 5.32 Å². The fraction of sp³-hybridized carbons (Fsp3) is 0.333. The average Bonchev–Trinajstić information content (AvgIpc) is 2.41. The lowest BCUT2D eigenvalue weighted by Gasteiger charge is -2.11. The van der Waals surface area contributed by atoms with E-state index in [0.29, 0.717) is 0 Å².